The predicted molar refractivity (Wildman–Crippen MR) is 66.4 cm³/mol. The van der Waals surface area contributed by atoms with E-state index in [1.165, 1.54) is 12.1 Å². The first-order chi connectivity index (χ1) is 9.84. The molecule has 0 fully saturated rings. The average Bonchev–Trinajstić information content (AvgIpc) is 2.81. The molecule has 2 nitrogen and oxygen atoms in total. The number of imidazole rings is 1. The van der Waals surface area contributed by atoms with Gasteiger partial charge in [0.25, 0.3) is 0 Å². The molecule has 1 aromatic heterocycles. The largest absolute Gasteiger partial charge is 0.416 e. The molecule has 0 spiro atoms. The summed E-state index contributed by atoms with van der Waals surface area (Å²) in [5.74, 6) is -2.01. The fourth-order valence-electron chi connectivity index (χ4n) is 1.98. The van der Waals surface area contributed by atoms with E-state index in [0.717, 1.165) is 24.3 Å². The average molecular weight is 298 g/mol. The Hall–Kier alpha value is -2.44. The molecule has 0 atom stereocenters. The zero-order chi connectivity index (χ0) is 15.2. The van der Waals surface area contributed by atoms with Gasteiger partial charge in [0.15, 0.2) is 11.6 Å². The van der Waals surface area contributed by atoms with Crippen LogP contribution in [0.3, 0.4) is 0 Å². The van der Waals surface area contributed by atoms with Crippen LogP contribution in [0.4, 0.5) is 22.0 Å². The van der Waals surface area contributed by atoms with Gasteiger partial charge in [-0.25, -0.2) is 13.8 Å². The number of rotatable bonds is 1. The Morgan fingerprint density at radius 3 is 2.38 bits per heavy atom. The fourth-order valence-corrected chi connectivity index (χ4v) is 1.98. The van der Waals surface area contributed by atoms with Gasteiger partial charge in [0.1, 0.15) is 5.82 Å². The summed E-state index contributed by atoms with van der Waals surface area (Å²) in [4.78, 5) is 6.65. The van der Waals surface area contributed by atoms with Gasteiger partial charge in [0, 0.05) is 17.7 Å². The third-order valence-corrected chi connectivity index (χ3v) is 2.99. The molecule has 0 unspecified atom stereocenters. The van der Waals surface area contributed by atoms with Crippen LogP contribution in [-0.4, -0.2) is 9.97 Å². The van der Waals surface area contributed by atoms with Crippen LogP contribution in [-0.2, 0) is 6.18 Å². The van der Waals surface area contributed by atoms with Crippen molar-refractivity contribution < 1.29 is 22.0 Å². The molecule has 0 amide bonds. The Bertz CT molecular complexity index is 781. The number of alkyl halides is 3. The molecule has 1 heterocycles. The molecule has 3 rings (SSSR count). The highest BCUT2D eigenvalue weighted by Crippen LogP contribution is 2.32. The van der Waals surface area contributed by atoms with Crippen molar-refractivity contribution >= 4 is 11.0 Å². The second kappa shape index (κ2) is 4.54. The normalized spacial score (nSPS) is 12.0. The molecule has 21 heavy (non-hydrogen) atoms. The van der Waals surface area contributed by atoms with Gasteiger partial charge in [-0.1, -0.05) is 12.1 Å². The lowest BCUT2D eigenvalue weighted by Crippen LogP contribution is -2.04. The first kappa shape index (κ1) is 13.5. The number of aromatic amines is 1. The van der Waals surface area contributed by atoms with Crippen molar-refractivity contribution in [2.75, 3.05) is 0 Å². The van der Waals surface area contributed by atoms with E-state index >= 15 is 0 Å². The Kier molecular flexibility index (Phi) is 2.93. The van der Waals surface area contributed by atoms with E-state index in [0.29, 0.717) is 0 Å². The van der Waals surface area contributed by atoms with Crippen LogP contribution in [0.5, 0.6) is 0 Å². The topological polar surface area (TPSA) is 28.7 Å². The van der Waals surface area contributed by atoms with Gasteiger partial charge in [0.2, 0.25) is 0 Å². The third kappa shape index (κ3) is 2.46. The lowest BCUT2D eigenvalue weighted by molar-refractivity contribution is -0.137. The maximum absolute atomic E-state index is 13.1. The Morgan fingerprint density at radius 1 is 0.952 bits per heavy atom. The summed E-state index contributed by atoms with van der Waals surface area (Å²) >= 11 is 0. The van der Waals surface area contributed by atoms with Gasteiger partial charge in [-0.3, -0.25) is 0 Å². The van der Waals surface area contributed by atoms with Crippen LogP contribution >= 0.6 is 0 Å². The Labute approximate surface area is 115 Å². The minimum atomic E-state index is -4.47. The van der Waals surface area contributed by atoms with E-state index in [9.17, 15) is 22.0 Å². The van der Waals surface area contributed by atoms with E-state index in [1.807, 2.05) is 0 Å². The molecular weight excluding hydrogens is 291 g/mol. The van der Waals surface area contributed by atoms with Crippen molar-refractivity contribution in [2.24, 2.45) is 0 Å². The van der Waals surface area contributed by atoms with Crippen LogP contribution in [0.2, 0.25) is 0 Å². The smallest absolute Gasteiger partial charge is 0.338 e. The highest BCUT2D eigenvalue weighted by atomic mass is 19.4. The SMILES string of the molecule is Fc1cc2nc(-c3cccc(C(F)(F)F)c3)[nH]c2cc1F. The Morgan fingerprint density at radius 2 is 1.67 bits per heavy atom. The van der Waals surface area contributed by atoms with E-state index in [2.05, 4.69) is 9.97 Å². The van der Waals surface area contributed by atoms with Crippen molar-refractivity contribution in [3.8, 4) is 11.4 Å². The summed E-state index contributed by atoms with van der Waals surface area (Å²) in [5, 5.41) is 0. The lowest BCUT2D eigenvalue weighted by atomic mass is 10.1. The van der Waals surface area contributed by atoms with Gasteiger partial charge < -0.3 is 4.98 Å². The van der Waals surface area contributed by atoms with Gasteiger partial charge in [-0.15, -0.1) is 0 Å². The standard InChI is InChI=1S/C14H7F5N2/c15-9-5-11-12(6-10(9)16)21-13(20-11)7-2-1-3-8(4-7)14(17,18)19/h1-6H,(H,20,21). The summed E-state index contributed by atoms with van der Waals surface area (Å²) in [7, 11) is 0. The number of H-pyrrole nitrogens is 1. The predicted octanol–water partition coefficient (Wildman–Crippen LogP) is 4.53. The molecule has 0 saturated carbocycles. The molecule has 0 aliphatic heterocycles. The zero-order valence-corrected chi connectivity index (χ0v) is 10.3. The van der Waals surface area contributed by atoms with Crippen LogP contribution in [0.15, 0.2) is 36.4 Å². The van der Waals surface area contributed by atoms with Crippen molar-refractivity contribution in [2.45, 2.75) is 6.18 Å². The molecule has 2 aromatic carbocycles. The number of aromatic nitrogens is 2. The summed E-state index contributed by atoms with van der Waals surface area (Å²) in [6, 6.07) is 6.33. The summed E-state index contributed by atoms with van der Waals surface area (Å²) < 4.78 is 64.2. The molecule has 7 heteroatoms. The molecule has 0 aliphatic carbocycles. The van der Waals surface area contributed by atoms with Gasteiger partial charge in [-0.2, -0.15) is 13.2 Å². The highest BCUT2D eigenvalue weighted by Gasteiger charge is 2.30. The summed E-state index contributed by atoms with van der Waals surface area (Å²) in [6.45, 7) is 0. The minimum Gasteiger partial charge on any atom is -0.338 e. The molecular formula is C14H7F5N2. The summed E-state index contributed by atoms with van der Waals surface area (Å²) in [5.41, 5.74) is -0.290. The van der Waals surface area contributed by atoms with Crippen LogP contribution < -0.4 is 0 Å². The molecule has 108 valence electrons. The van der Waals surface area contributed by atoms with E-state index < -0.39 is 23.4 Å². The highest BCUT2D eigenvalue weighted by molar-refractivity contribution is 5.79. The van der Waals surface area contributed by atoms with Crippen LogP contribution in [0, 0.1) is 11.6 Å². The molecule has 0 saturated heterocycles. The zero-order valence-electron chi connectivity index (χ0n) is 10.3. The second-order valence-corrected chi connectivity index (χ2v) is 4.45. The van der Waals surface area contributed by atoms with Crippen molar-refractivity contribution in [3.63, 3.8) is 0 Å². The molecule has 0 radical (unpaired) electrons. The van der Waals surface area contributed by atoms with E-state index in [-0.39, 0.29) is 22.4 Å². The summed E-state index contributed by atoms with van der Waals surface area (Å²) in [6.07, 6.45) is -4.47. The molecule has 0 bridgehead atoms. The second-order valence-electron chi connectivity index (χ2n) is 4.45. The van der Waals surface area contributed by atoms with Crippen LogP contribution in [0.25, 0.3) is 22.4 Å². The Balaban J connectivity index is 2.12. The molecule has 0 aliphatic rings. The van der Waals surface area contributed by atoms with Crippen molar-refractivity contribution in [1.29, 1.82) is 0 Å². The number of fused-ring (bicyclic) bond motifs is 1. The minimum absolute atomic E-state index is 0.112. The number of hydrogen-bond donors (Lipinski definition) is 1. The third-order valence-electron chi connectivity index (χ3n) is 2.99. The monoisotopic (exact) mass is 298 g/mol. The number of halogens is 5. The quantitative estimate of drug-likeness (QED) is 0.657. The maximum Gasteiger partial charge on any atom is 0.416 e. The first-order valence-corrected chi connectivity index (χ1v) is 5.87. The lowest BCUT2D eigenvalue weighted by Gasteiger charge is -2.07. The fraction of sp³-hybridized carbons (Fsp3) is 0.0714. The van der Waals surface area contributed by atoms with Gasteiger partial charge in [-0.05, 0) is 12.1 Å². The van der Waals surface area contributed by atoms with E-state index in [4.69, 9.17) is 0 Å². The van der Waals surface area contributed by atoms with Crippen LogP contribution in [0.1, 0.15) is 5.56 Å². The number of hydrogen-bond acceptors (Lipinski definition) is 1. The number of nitrogens with one attached hydrogen (secondary N) is 1. The maximum atomic E-state index is 13.1. The van der Waals surface area contributed by atoms with Crippen molar-refractivity contribution in [3.05, 3.63) is 53.6 Å². The van der Waals surface area contributed by atoms with Gasteiger partial charge >= 0.3 is 6.18 Å². The number of nitrogens with zero attached hydrogens (tertiary/aromatic N) is 1. The van der Waals surface area contributed by atoms with E-state index in [1.54, 1.807) is 0 Å². The molecule has 3 aromatic rings. The number of benzene rings is 2. The first-order valence-electron chi connectivity index (χ1n) is 5.87. The van der Waals surface area contributed by atoms with Gasteiger partial charge in [0.05, 0.1) is 16.6 Å². The molecule has 1 N–H and O–H groups in total. The van der Waals surface area contributed by atoms with Crippen molar-refractivity contribution in [1.82, 2.24) is 9.97 Å².